The Kier molecular flexibility index (Phi) is 4.89. The molecule has 0 aliphatic carbocycles. The van der Waals surface area contributed by atoms with Crippen molar-refractivity contribution in [3.63, 3.8) is 0 Å². The van der Waals surface area contributed by atoms with Crippen LogP contribution in [0.5, 0.6) is 0 Å². The van der Waals surface area contributed by atoms with Gasteiger partial charge in [0.15, 0.2) is 17.2 Å². The van der Waals surface area contributed by atoms with Crippen molar-refractivity contribution in [1.29, 1.82) is 0 Å². The molecule has 0 saturated carbocycles. The molecular formula is C20H17ClN4O3S. The Balaban J connectivity index is 1.55. The van der Waals surface area contributed by atoms with Gasteiger partial charge in [0, 0.05) is 11.1 Å². The number of nitrogens with one attached hydrogen (secondary N) is 3. The average Bonchev–Trinajstić information content (AvgIpc) is 3.40. The molecule has 0 aliphatic rings. The first-order chi connectivity index (χ1) is 13.8. The lowest BCUT2D eigenvalue weighted by molar-refractivity contribution is 0.0885. The average molecular weight is 429 g/mol. The number of furan rings is 1. The van der Waals surface area contributed by atoms with Gasteiger partial charge in [0.25, 0.3) is 11.8 Å². The van der Waals surface area contributed by atoms with Crippen molar-refractivity contribution < 1.29 is 14.0 Å². The molecule has 29 heavy (non-hydrogen) atoms. The Morgan fingerprint density at radius 1 is 1.17 bits per heavy atom. The van der Waals surface area contributed by atoms with Crippen molar-refractivity contribution in [2.75, 3.05) is 5.32 Å². The number of nitrogens with zero attached hydrogens (tertiary/aromatic N) is 1. The normalized spacial score (nSPS) is 11.6. The second kappa shape index (κ2) is 7.38. The second-order valence-corrected chi connectivity index (χ2v) is 8.27. The van der Waals surface area contributed by atoms with Gasteiger partial charge in [-0.1, -0.05) is 35.9 Å². The molecule has 1 aromatic carbocycles. The third kappa shape index (κ3) is 3.76. The fourth-order valence-corrected chi connectivity index (χ4v) is 3.96. The maximum absolute atomic E-state index is 12.8. The maximum atomic E-state index is 12.8. The van der Waals surface area contributed by atoms with Crippen LogP contribution in [-0.4, -0.2) is 22.0 Å². The minimum absolute atomic E-state index is 0.0976. The summed E-state index contributed by atoms with van der Waals surface area (Å²) in [6, 6.07) is 12.4. The predicted molar refractivity (Wildman–Crippen MR) is 113 cm³/mol. The number of hydrogen-bond acceptors (Lipinski definition) is 5. The van der Waals surface area contributed by atoms with Crippen molar-refractivity contribution in [3.05, 3.63) is 69.1 Å². The Morgan fingerprint density at radius 3 is 2.69 bits per heavy atom. The van der Waals surface area contributed by atoms with Gasteiger partial charge in [-0.2, -0.15) is 5.10 Å². The molecule has 0 spiro atoms. The Hall–Kier alpha value is -3.10. The molecule has 3 aromatic heterocycles. The fraction of sp³-hybridized carbons (Fsp3) is 0.150. The van der Waals surface area contributed by atoms with E-state index in [1.807, 2.05) is 37.4 Å². The summed E-state index contributed by atoms with van der Waals surface area (Å²) in [6.07, 6.45) is 0. The molecule has 148 valence electrons. The predicted octanol–water partition coefficient (Wildman–Crippen LogP) is 4.79. The van der Waals surface area contributed by atoms with E-state index in [-0.39, 0.29) is 17.5 Å². The zero-order chi connectivity index (χ0) is 20.6. The molecule has 4 rings (SSSR count). The molecule has 3 N–H and O–H groups in total. The molecule has 0 bridgehead atoms. The SMILES string of the molecule is CC(C)(NC(=O)c1cc2[nH]nc(NC(=O)c3cccs3)c2o1)c1ccccc1Cl. The monoisotopic (exact) mass is 428 g/mol. The number of fused-ring (bicyclic) bond motifs is 1. The highest BCUT2D eigenvalue weighted by Gasteiger charge is 2.28. The fourth-order valence-electron chi connectivity index (χ4n) is 2.97. The van der Waals surface area contributed by atoms with Crippen molar-refractivity contribution in [2.24, 2.45) is 0 Å². The first-order valence-electron chi connectivity index (χ1n) is 8.75. The van der Waals surface area contributed by atoms with Crippen LogP contribution in [0.4, 0.5) is 5.82 Å². The van der Waals surface area contributed by atoms with Gasteiger partial charge in [0.2, 0.25) is 0 Å². The summed E-state index contributed by atoms with van der Waals surface area (Å²) >= 11 is 7.59. The Labute approximate surface area is 175 Å². The van der Waals surface area contributed by atoms with E-state index in [1.165, 1.54) is 11.3 Å². The van der Waals surface area contributed by atoms with Gasteiger partial charge in [-0.05, 0) is 36.9 Å². The zero-order valence-corrected chi connectivity index (χ0v) is 17.1. The summed E-state index contributed by atoms with van der Waals surface area (Å²) in [6.45, 7) is 3.71. The smallest absolute Gasteiger partial charge is 0.287 e. The third-order valence-electron chi connectivity index (χ3n) is 4.41. The molecule has 0 atom stereocenters. The van der Waals surface area contributed by atoms with Crippen LogP contribution in [0.1, 0.15) is 39.6 Å². The molecular weight excluding hydrogens is 412 g/mol. The highest BCUT2D eigenvalue weighted by atomic mass is 35.5. The molecule has 2 amide bonds. The second-order valence-electron chi connectivity index (χ2n) is 6.92. The molecule has 0 saturated heterocycles. The summed E-state index contributed by atoms with van der Waals surface area (Å²) in [5.41, 5.74) is 0.880. The van der Waals surface area contributed by atoms with Crippen LogP contribution in [0.25, 0.3) is 11.1 Å². The van der Waals surface area contributed by atoms with E-state index in [0.717, 1.165) is 5.56 Å². The van der Waals surface area contributed by atoms with Gasteiger partial charge in [0.1, 0.15) is 5.52 Å². The summed E-state index contributed by atoms with van der Waals surface area (Å²) < 4.78 is 5.68. The van der Waals surface area contributed by atoms with Crippen LogP contribution in [-0.2, 0) is 5.54 Å². The van der Waals surface area contributed by atoms with E-state index in [2.05, 4.69) is 20.8 Å². The number of hydrogen-bond donors (Lipinski definition) is 3. The van der Waals surface area contributed by atoms with Crippen LogP contribution in [0, 0.1) is 0 Å². The summed E-state index contributed by atoms with van der Waals surface area (Å²) in [5, 5.41) is 14.8. The lowest BCUT2D eigenvalue weighted by atomic mass is 9.94. The van der Waals surface area contributed by atoms with E-state index in [1.54, 1.807) is 24.3 Å². The lowest BCUT2D eigenvalue weighted by Crippen LogP contribution is -2.41. The number of carbonyl (C=O) groups is 2. The Morgan fingerprint density at radius 2 is 1.97 bits per heavy atom. The van der Waals surface area contributed by atoms with Crippen molar-refractivity contribution in [1.82, 2.24) is 15.5 Å². The van der Waals surface area contributed by atoms with E-state index in [9.17, 15) is 9.59 Å². The van der Waals surface area contributed by atoms with Crippen LogP contribution < -0.4 is 10.6 Å². The summed E-state index contributed by atoms with van der Waals surface area (Å²) in [7, 11) is 0. The summed E-state index contributed by atoms with van der Waals surface area (Å²) in [4.78, 5) is 25.6. The number of aromatic amines is 1. The maximum Gasteiger partial charge on any atom is 0.287 e. The highest BCUT2D eigenvalue weighted by Crippen LogP contribution is 2.29. The first-order valence-corrected chi connectivity index (χ1v) is 10.0. The van der Waals surface area contributed by atoms with Crippen molar-refractivity contribution in [3.8, 4) is 0 Å². The quantitative estimate of drug-likeness (QED) is 0.425. The molecule has 0 fully saturated rings. The van der Waals surface area contributed by atoms with Crippen LogP contribution in [0.2, 0.25) is 5.02 Å². The Bertz CT molecular complexity index is 1190. The number of rotatable bonds is 5. The molecule has 7 nitrogen and oxygen atoms in total. The minimum Gasteiger partial charge on any atom is -0.445 e. The van der Waals surface area contributed by atoms with E-state index >= 15 is 0 Å². The van der Waals surface area contributed by atoms with Crippen molar-refractivity contribution in [2.45, 2.75) is 19.4 Å². The van der Waals surface area contributed by atoms with Gasteiger partial charge in [0.05, 0.1) is 10.4 Å². The summed E-state index contributed by atoms with van der Waals surface area (Å²) in [5.74, 6) is -0.381. The number of carbonyl (C=O) groups excluding carboxylic acids is 2. The third-order valence-corrected chi connectivity index (χ3v) is 5.61. The first kappa shape index (κ1) is 19.2. The number of benzene rings is 1. The number of thiophene rings is 1. The largest absolute Gasteiger partial charge is 0.445 e. The van der Waals surface area contributed by atoms with Gasteiger partial charge in [-0.25, -0.2) is 0 Å². The zero-order valence-electron chi connectivity index (χ0n) is 15.6. The minimum atomic E-state index is -0.718. The standard InChI is InChI=1S/C20H17ClN4O3S/c1-20(2,11-6-3-4-7-12(11)21)23-18(26)14-10-13-16(28-14)17(25-24-13)22-19(27)15-8-5-9-29-15/h3-10H,1-2H3,(H,23,26)(H2,22,24,25,27). The number of halogens is 1. The molecule has 0 unspecified atom stereocenters. The van der Waals surface area contributed by atoms with Crippen LogP contribution >= 0.6 is 22.9 Å². The molecule has 3 heterocycles. The number of amides is 2. The molecule has 4 aromatic rings. The number of aromatic nitrogens is 2. The number of anilines is 1. The molecule has 0 radical (unpaired) electrons. The topological polar surface area (TPSA) is 100 Å². The highest BCUT2D eigenvalue weighted by molar-refractivity contribution is 7.12. The van der Waals surface area contributed by atoms with Crippen LogP contribution in [0.3, 0.4) is 0 Å². The lowest BCUT2D eigenvalue weighted by Gasteiger charge is -2.27. The van der Waals surface area contributed by atoms with Gasteiger partial charge >= 0.3 is 0 Å². The van der Waals surface area contributed by atoms with E-state index in [0.29, 0.717) is 21.0 Å². The van der Waals surface area contributed by atoms with E-state index < -0.39 is 11.4 Å². The van der Waals surface area contributed by atoms with Gasteiger partial charge in [-0.3, -0.25) is 14.7 Å². The van der Waals surface area contributed by atoms with E-state index in [4.69, 9.17) is 16.0 Å². The van der Waals surface area contributed by atoms with Crippen molar-refractivity contribution >= 4 is 51.7 Å². The van der Waals surface area contributed by atoms with Gasteiger partial charge in [-0.15, -0.1) is 11.3 Å². The van der Waals surface area contributed by atoms with Crippen LogP contribution in [0.15, 0.2) is 52.3 Å². The number of H-pyrrole nitrogens is 1. The molecule has 0 aliphatic heterocycles. The molecule has 9 heteroatoms. The van der Waals surface area contributed by atoms with Gasteiger partial charge < -0.3 is 15.1 Å².